The lowest BCUT2D eigenvalue weighted by atomic mass is 9.89. The summed E-state index contributed by atoms with van der Waals surface area (Å²) in [6.45, 7) is 0. The van der Waals surface area contributed by atoms with E-state index in [1.165, 1.54) is 49.0 Å². The van der Waals surface area contributed by atoms with E-state index < -0.39 is 0 Å². The Hall–Kier alpha value is -7.36. The van der Waals surface area contributed by atoms with Crippen molar-refractivity contribution in [2.75, 3.05) is 0 Å². The van der Waals surface area contributed by atoms with Gasteiger partial charge in [-0.2, -0.15) is 0 Å². The van der Waals surface area contributed by atoms with Crippen LogP contribution in [0.15, 0.2) is 199 Å². The van der Waals surface area contributed by atoms with E-state index in [1.54, 1.807) is 0 Å². The van der Waals surface area contributed by atoms with Crippen LogP contribution in [0.3, 0.4) is 0 Å². The molecule has 0 atom stereocenters. The normalized spacial score (nSPS) is 11.6. The topological polar surface area (TPSA) is 38.9 Å². The fourth-order valence-corrected chi connectivity index (χ4v) is 8.14. The summed E-state index contributed by atoms with van der Waals surface area (Å²) in [5, 5.41) is 9.78. The lowest BCUT2D eigenvalue weighted by Gasteiger charge is -2.14. The van der Waals surface area contributed by atoms with Gasteiger partial charge in [-0.05, 0) is 91.0 Å². The van der Waals surface area contributed by atoms with Gasteiger partial charge < -0.3 is 4.42 Å². The van der Waals surface area contributed by atoms with Gasteiger partial charge in [0.1, 0.15) is 11.2 Å². The zero-order chi connectivity index (χ0) is 36.3. The molecule has 0 amide bonds. The summed E-state index contributed by atoms with van der Waals surface area (Å²) in [7, 11) is 0. The van der Waals surface area contributed by atoms with Crippen LogP contribution >= 0.6 is 0 Å². The maximum absolute atomic E-state index is 6.12. The number of aromatic nitrogens is 2. The molecule has 0 spiro atoms. The molecule has 0 unspecified atom stereocenters. The van der Waals surface area contributed by atoms with Crippen LogP contribution < -0.4 is 0 Å². The fourth-order valence-electron chi connectivity index (χ4n) is 8.14. The molecule has 55 heavy (non-hydrogen) atoms. The first-order chi connectivity index (χ1) is 27.2. The van der Waals surface area contributed by atoms with E-state index in [-0.39, 0.29) is 0 Å². The van der Waals surface area contributed by atoms with Gasteiger partial charge >= 0.3 is 0 Å². The zero-order valence-electron chi connectivity index (χ0n) is 29.8. The first kappa shape index (κ1) is 31.2. The van der Waals surface area contributed by atoms with E-state index in [1.807, 2.05) is 42.5 Å². The molecule has 0 aliphatic carbocycles. The third-order valence-electron chi connectivity index (χ3n) is 10.9. The highest BCUT2D eigenvalue weighted by molar-refractivity contribution is 6.20. The Kier molecular flexibility index (Phi) is 7.17. The van der Waals surface area contributed by atoms with Gasteiger partial charge in [-0.1, -0.05) is 158 Å². The maximum atomic E-state index is 6.12. The van der Waals surface area contributed by atoms with Gasteiger partial charge in [0.2, 0.25) is 0 Å². The number of fused-ring (bicyclic) bond motifs is 7. The molecule has 3 nitrogen and oxygen atoms in total. The minimum Gasteiger partial charge on any atom is -0.456 e. The Morgan fingerprint density at radius 1 is 0.291 bits per heavy atom. The van der Waals surface area contributed by atoms with Crippen molar-refractivity contribution in [3.63, 3.8) is 0 Å². The number of nitrogens with zero attached hydrogens (tertiary/aromatic N) is 2. The molecule has 0 radical (unpaired) electrons. The summed E-state index contributed by atoms with van der Waals surface area (Å²) in [6.07, 6.45) is 0. The van der Waals surface area contributed by atoms with Crippen LogP contribution in [0.1, 0.15) is 0 Å². The standard InChI is InChI=1S/C52H32N2O/c1-2-11-38(12-3-1)52-53-47(32-48(54-52)40-27-29-50-46(31-40)43-16-8-9-17-49(43)55-50)36-22-18-33(19-23-36)34-20-24-37(25-21-34)51-42-15-7-5-13-39(42)30-45-41-14-6-4-10-35(41)26-28-44(45)51/h1-32H. The van der Waals surface area contributed by atoms with Gasteiger partial charge in [-0.25, -0.2) is 9.97 Å². The summed E-state index contributed by atoms with van der Waals surface area (Å²) in [4.78, 5) is 10.2. The van der Waals surface area contributed by atoms with Crippen LogP contribution in [0.2, 0.25) is 0 Å². The molecule has 2 aromatic heterocycles. The molecule has 0 bridgehead atoms. The molecule has 3 heteroatoms. The van der Waals surface area contributed by atoms with Crippen molar-refractivity contribution in [1.29, 1.82) is 0 Å². The Labute approximate surface area is 317 Å². The van der Waals surface area contributed by atoms with Gasteiger partial charge in [0.05, 0.1) is 11.4 Å². The molecule has 0 fully saturated rings. The van der Waals surface area contributed by atoms with Crippen molar-refractivity contribution >= 4 is 54.3 Å². The van der Waals surface area contributed by atoms with E-state index in [9.17, 15) is 0 Å². The Morgan fingerprint density at radius 3 is 1.65 bits per heavy atom. The van der Waals surface area contributed by atoms with Gasteiger partial charge in [-0.15, -0.1) is 0 Å². The van der Waals surface area contributed by atoms with Gasteiger partial charge in [0.25, 0.3) is 0 Å². The highest BCUT2D eigenvalue weighted by Gasteiger charge is 2.15. The van der Waals surface area contributed by atoms with Crippen LogP contribution in [0.5, 0.6) is 0 Å². The number of furan rings is 1. The van der Waals surface area contributed by atoms with E-state index in [0.29, 0.717) is 5.82 Å². The number of hydrogen-bond donors (Lipinski definition) is 0. The second kappa shape index (κ2) is 12.6. The Bertz CT molecular complexity index is 3230. The highest BCUT2D eigenvalue weighted by Crippen LogP contribution is 2.40. The second-order valence-corrected chi connectivity index (χ2v) is 14.1. The summed E-state index contributed by atoms with van der Waals surface area (Å²) >= 11 is 0. The van der Waals surface area contributed by atoms with Crippen molar-refractivity contribution in [1.82, 2.24) is 9.97 Å². The zero-order valence-corrected chi connectivity index (χ0v) is 29.8. The summed E-state index contributed by atoms with van der Waals surface area (Å²) in [5.41, 5.74) is 11.3. The monoisotopic (exact) mass is 700 g/mol. The van der Waals surface area contributed by atoms with E-state index in [2.05, 4.69) is 152 Å². The Balaban J connectivity index is 0.971. The number of rotatable bonds is 5. The average molecular weight is 701 g/mol. The summed E-state index contributed by atoms with van der Waals surface area (Å²) in [5.74, 6) is 0.693. The lowest BCUT2D eigenvalue weighted by Crippen LogP contribution is -1.96. The molecule has 11 rings (SSSR count). The van der Waals surface area contributed by atoms with Gasteiger partial charge in [0.15, 0.2) is 5.82 Å². The van der Waals surface area contributed by atoms with Crippen molar-refractivity contribution in [2.45, 2.75) is 0 Å². The minimum atomic E-state index is 0.693. The van der Waals surface area contributed by atoms with Crippen LogP contribution in [0.25, 0.3) is 110 Å². The van der Waals surface area contributed by atoms with Gasteiger partial charge in [0, 0.05) is 27.5 Å². The summed E-state index contributed by atoms with van der Waals surface area (Å²) < 4.78 is 6.12. The van der Waals surface area contributed by atoms with E-state index >= 15 is 0 Å². The maximum Gasteiger partial charge on any atom is 0.160 e. The number of benzene rings is 9. The van der Waals surface area contributed by atoms with Crippen LogP contribution in [-0.2, 0) is 0 Å². The first-order valence-corrected chi connectivity index (χ1v) is 18.6. The molecule has 0 N–H and O–H groups in total. The van der Waals surface area contributed by atoms with Crippen LogP contribution in [-0.4, -0.2) is 9.97 Å². The highest BCUT2D eigenvalue weighted by atomic mass is 16.3. The Morgan fingerprint density at radius 2 is 0.873 bits per heavy atom. The predicted molar refractivity (Wildman–Crippen MR) is 229 cm³/mol. The van der Waals surface area contributed by atoms with Crippen molar-refractivity contribution in [3.8, 4) is 56.2 Å². The predicted octanol–water partition coefficient (Wildman–Crippen LogP) is 14.2. The van der Waals surface area contributed by atoms with Crippen molar-refractivity contribution in [3.05, 3.63) is 194 Å². The van der Waals surface area contributed by atoms with Crippen LogP contribution in [0.4, 0.5) is 0 Å². The lowest BCUT2D eigenvalue weighted by molar-refractivity contribution is 0.669. The molecule has 0 saturated heterocycles. The molecule has 0 aliphatic rings. The minimum absolute atomic E-state index is 0.693. The fraction of sp³-hybridized carbons (Fsp3) is 0. The van der Waals surface area contributed by atoms with Crippen molar-refractivity contribution in [2.24, 2.45) is 0 Å². The molecule has 2 heterocycles. The first-order valence-electron chi connectivity index (χ1n) is 18.6. The van der Waals surface area contributed by atoms with Gasteiger partial charge in [-0.3, -0.25) is 0 Å². The number of para-hydroxylation sites is 1. The van der Waals surface area contributed by atoms with Crippen LogP contribution in [0, 0.1) is 0 Å². The summed E-state index contributed by atoms with van der Waals surface area (Å²) in [6, 6.07) is 68.8. The van der Waals surface area contributed by atoms with E-state index in [0.717, 1.165) is 55.6 Å². The molecular formula is C52H32N2O. The third kappa shape index (κ3) is 5.36. The quantitative estimate of drug-likeness (QED) is 0.133. The SMILES string of the molecule is c1ccc(-c2nc(-c3ccc(-c4ccc(-c5c6ccccc6cc6c5ccc5ccccc56)cc4)cc3)cc(-c3ccc4oc5ccccc5c4c3)n2)cc1. The number of hydrogen-bond acceptors (Lipinski definition) is 3. The molecule has 0 saturated carbocycles. The molecule has 0 aliphatic heterocycles. The molecule has 11 aromatic rings. The van der Waals surface area contributed by atoms with E-state index in [4.69, 9.17) is 14.4 Å². The second-order valence-electron chi connectivity index (χ2n) is 14.1. The molecule has 9 aromatic carbocycles. The smallest absolute Gasteiger partial charge is 0.160 e. The molecular weight excluding hydrogens is 669 g/mol. The largest absolute Gasteiger partial charge is 0.456 e. The van der Waals surface area contributed by atoms with Crippen molar-refractivity contribution < 1.29 is 4.42 Å². The third-order valence-corrected chi connectivity index (χ3v) is 10.9. The average Bonchev–Trinajstić information content (AvgIpc) is 3.64. The molecule has 256 valence electrons.